The Morgan fingerprint density at radius 1 is 1.23 bits per heavy atom. The lowest BCUT2D eigenvalue weighted by atomic mass is 9.92. The number of hydrogen-bond acceptors (Lipinski definition) is 5. The van der Waals surface area contributed by atoms with Gasteiger partial charge in [-0.3, -0.25) is 14.4 Å². The van der Waals surface area contributed by atoms with Crippen molar-refractivity contribution in [1.29, 1.82) is 0 Å². The summed E-state index contributed by atoms with van der Waals surface area (Å²) < 4.78 is 13.2. The van der Waals surface area contributed by atoms with Gasteiger partial charge >= 0.3 is 0 Å². The Hall–Kier alpha value is -3.07. The molecular formula is C22H24FN3O4S. The van der Waals surface area contributed by atoms with Crippen LogP contribution in [-0.2, 0) is 20.8 Å². The average molecular weight is 446 g/mol. The summed E-state index contributed by atoms with van der Waals surface area (Å²) in [5, 5.41) is 9.85. The molecule has 1 fully saturated rings. The van der Waals surface area contributed by atoms with Crippen molar-refractivity contribution in [3.63, 3.8) is 0 Å². The van der Waals surface area contributed by atoms with Crippen molar-refractivity contribution >= 4 is 35.3 Å². The van der Waals surface area contributed by atoms with E-state index in [0.29, 0.717) is 29.7 Å². The number of rotatable bonds is 9. The van der Waals surface area contributed by atoms with Gasteiger partial charge in [0.15, 0.2) is 0 Å². The number of hydrogen-bond donors (Lipinski definition) is 3. The minimum absolute atomic E-state index is 0.124. The van der Waals surface area contributed by atoms with Crippen molar-refractivity contribution in [2.75, 3.05) is 6.54 Å². The number of thiophene rings is 1. The topological polar surface area (TPSA) is 104 Å². The van der Waals surface area contributed by atoms with Gasteiger partial charge in [-0.2, -0.15) is 0 Å². The normalized spacial score (nSPS) is 17.8. The van der Waals surface area contributed by atoms with Gasteiger partial charge in [0.25, 0.3) is 5.91 Å². The van der Waals surface area contributed by atoms with E-state index < -0.39 is 29.7 Å². The molecule has 3 amide bonds. The minimum Gasteiger partial charge on any atom is -0.356 e. The molecule has 9 heteroatoms. The Morgan fingerprint density at radius 2 is 2.00 bits per heavy atom. The summed E-state index contributed by atoms with van der Waals surface area (Å²) in [5.41, 5.74) is 0.655. The highest BCUT2D eigenvalue weighted by atomic mass is 32.1. The third-order valence-corrected chi connectivity index (χ3v) is 6.02. The molecule has 0 bridgehead atoms. The molecule has 164 valence electrons. The van der Waals surface area contributed by atoms with Crippen molar-refractivity contribution in [2.45, 2.75) is 37.8 Å². The standard InChI is InChI=1S/C22H24FN3O4S/c23-16-7-5-14(6-8-16)11-18(26-22(30)19-4-2-10-31-19)21(29)25-17(13-27)12-15-3-1-9-24-20(15)28/h2,4-8,10,13,15,17-18H,1,3,9,11-12H2,(H,24,28)(H,25,29)(H,26,30)/t15-,17-,18-/m0/s1. The fourth-order valence-corrected chi connectivity index (χ4v) is 4.13. The van der Waals surface area contributed by atoms with E-state index in [1.54, 1.807) is 17.5 Å². The van der Waals surface area contributed by atoms with Crippen molar-refractivity contribution in [3.8, 4) is 0 Å². The van der Waals surface area contributed by atoms with Crippen molar-refractivity contribution in [2.24, 2.45) is 5.92 Å². The zero-order valence-corrected chi connectivity index (χ0v) is 17.6. The van der Waals surface area contributed by atoms with Crippen molar-refractivity contribution < 1.29 is 23.6 Å². The molecule has 1 aliphatic heterocycles. The lowest BCUT2D eigenvalue weighted by Crippen LogP contribution is -2.52. The smallest absolute Gasteiger partial charge is 0.262 e. The molecule has 0 aliphatic carbocycles. The average Bonchev–Trinajstić information content (AvgIpc) is 3.31. The maximum absolute atomic E-state index is 13.2. The Kier molecular flexibility index (Phi) is 7.88. The summed E-state index contributed by atoms with van der Waals surface area (Å²) in [5.74, 6) is -1.82. The zero-order chi connectivity index (χ0) is 22.2. The van der Waals surface area contributed by atoms with Crippen LogP contribution < -0.4 is 16.0 Å². The molecule has 0 radical (unpaired) electrons. The molecule has 7 nitrogen and oxygen atoms in total. The molecular weight excluding hydrogens is 421 g/mol. The first kappa shape index (κ1) is 22.6. The molecule has 1 aliphatic rings. The number of benzene rings is 1. The van der Waals surface area contributed by atoms with Gasteiger partial charge in [-0.05, 0) is 48.4 Å². The number of piperidine rings is 1. The molecule has 3 rings (SSSR count). The molecule has 2 aromatic rings. The largest absolute Gasteiger partial charge is 0.356 e. The van der Waals surface area contributed by atoms with Gasteiger partial charge in [-0.15, -0.1) is 11.3 Å². The van der Waals surface area contributed by atoms with E-state index in [4.69, 9.17) is 0 Å². The maximum Gasteiger partial charge on any atom is 0.262 e. The Bertz CT molecular complexity index is 917. The summed E-state index contributed by atoms with van der Waals surface area (Å²) in [4.78, 5) is 49.5. The quantitative estimate of drug-likeness (QED) is 0.512. The van der Waals surface area contributed by atoms with Crippen LogP contribution in [0.15, 0.2) is 41.8 Å². The Balaban J connectivity index is 1.70. The van der Waals surface area contributed by atoms with Crippen LogP contribution in [0, 0.1) is 11.7 Å². The van der Waals surface area contributed by atoms with E-state index in [0.717, 1.165) is 6.42 Å². The molecule has 3 N–H and O–H groups in total. The number of aldehydes is 1. The van der Waals surface area contributed by atoms with Gasteiger partial charge in [-0.25, -0.2) is 4.39 Å². The fourth-order valence-electron chi connectivity index (χ4n) is 3.50. The van der Waals surface area contributed by atoms with Crippen molar-refractivity contribution in [1.82, 2.24) is 16.0 Å². The molecule has 1 saturated heterocycles. The molecule has 1 aromatic heterocycles. The van der Waals surface area contributed by atoms with E-state index in [-0.39, 0.29) is 24.7 Å². The lowest BCUT2D eigenvalue weighted by Gasteiger charge is -2.26. The zero-order valence-electron chi connectivity index (χ0n) is 16.8. The van der Waals surface area contributed by atoms with E-state index in [1.807, 2.05) is 0 Å². The van der Waals surface area contributed by atoms with Gasteiger partial charge in [0, 0.05) is 18.9 Å². The number of halogens is 1. The predicted molar refractivity (Wildman–Crippen MR) is 114 cm³/mol. The summed E-state index contributed by atoms with van der Waals surface area (Å²) >= 11 is 1.24. The third-order valence-electron chi connectivity index (χ3n) is 5.15. The van der Waals surface area contributed by atoms with Crippen molar-refractivity contribution in [3.05, 3.63) is 58.0 Å². The van der Waals surface area contributed by atoms with E-state index in [1.165, 1.54) is 35.6 Å². The molecule has 0 spiro atoms. The first-order valence-electron chi connectivity index (χ1n) is 10.1. The third kappa shape index (κ3) is 6.45. The van der Waals surface area contributed by atoms with Gasteiger partial charge in [0.2, 0.25) is 11.8 Å². The maximum atomic E-state index is 13.2. The Morgan fingerprint density at radius 3 is 2.65 bits per heavy atom. The van der Waals surface area contributed by atoms with Gasteiger partial charge in [0.1, 0.15) is 18.1 Å². The van der Waals surface area contributed by atoms with Crippen LogP contribution in [0.1, 0.15) is 34.5 Å². The highest BCUT2D eigenvalue weighted by molar-refractivity contribution is 7.12. The van der Waals surface area contributed by atoms with Gasteiger partial charge < -0.3 is 20.7 Å². The van der Waals surface area contributed by atoms with Crippen LogP contribution >= 0.6 is 11.3 Å². The first-order valence-corrected chi connectivity index (χ1v) is 11.0. The van der Waals surface area contributed by atoms with Crippen LogP contribution in [0.5, 0.6) is 0 Å². The van der Waals surface area contributed by atoms with Crippen LogP contribution in [0.25, 0.3) is 0 Å². The van der Waals surface area contributed by atoms with Crippen LogP contribution in [0.2, 0.25) is 0 Å². The number of carbonyl (C=O) groups is 4. The van der Waals surface area contributed by atoms with Gasteiger partial charge in [-0.1, -0.05) is 18.2 Å². The summed E-state index contributed by atoms with van der Waals surface area (Å²) in [7, 11) is 0. The Labute approximate surface area is 183 Å². The number of carbonyl (C=O) groups excluding carboxylic acids is 4. The van der Waals surface area contributed by atoms with Crippen LogP contribution in [0.3, 0.4) is 0 Å². The number of nitrogens with one attached hydrogen (secondary N) is 3. The van der Waals surface area contributed by atoms with Gasteiger partial charge in [0.05, 0.1) is 10.9 Å². The van der Waals surface area contributed by atoms with E-state index >= 15 is 0 Å². The molecule has 0 saturated carbocycles. The number of amides is 3. The molecule has 1 aromatic carbocycles. The molecule has 31 heavy (non-hydrogen) atoms. The second-order valence-electron chi connectivity index (χ2n) is 7.45. The molecule has 0 unspecified atom stereocenters. The summed E-state index contributed by atoms with van der Waals surface area (Å²) in [6, 6.07) is 7.18. The highest BCUT2D eigenvalue weighted by Crippen LogP contribution is 2.17. The van der Waals surface area contributed by atoms with Crippen LogP contribution in [0.4, 0.5) is 4.39 Å². The molecule has 3 atom stereocenters. The monoisotopic (exact) mass is 445 g/mol. The minimum atomic E-state index is -0.970. The second kappa shape index (κ2) is 10.8. The first-order chi connectivity index (χ1) is 15.0. The SMILES string of the molecule is O=C[C@H](C[C@@H]1CCCNC1=O)NC(=O)[C@H](Cc1ccc(F)cc1)NC(=O)c1cccs1. The second-order valence-corrected chi connectivity index (χ2v) is 8.40. The summed E-state index contributed by atoms with van der Waals surface area (Å²) in [6.45, 7) is 0.613. The molecule has 2 heterocycles. The predicted octanol–water partition coefficient (Wildman–Crippen LogP) is 1.83. The van der Waals surface area contributed by atoms with E-state index in [9.17, 15) is 23.6 Å². The fraction of sp³-hybridized carbons (Fsp3) is 0.364. The lowest BCUT2D eigenvalue weighted by molar-refractivity contribution is -0.129. The highest BCUT2D eigenvalue weighted by Gasteiger charge is 2.29. The van der Waals surface area contributed by atoms with Crippen LogP contribution in [-0.4, -0.2) is 42.6 Å². The summed E-state index contributed by atoms with van der Waals surface area (Å²) in [6.07, 6.45) is 2.40. The van der Waals surface area contributed by atoms with E-state index in [2.05, 4.69) is 16.0 Å².